The number of carbonyl (C=O) groups excluding carboxylic acids is 2. The lowest BCUT2D eigenvalue weighted by Gasteiger charge is -2.12. The van der Waals surface area contributed by atoms with Crippen molar-refractivity contribution in [2.24, 2.45) is 0 Å². The first-order valence-electron chi connectivity index (χ1n) is 9.30. The number of para-hydroxylation sites is 1. The Labute approximate surface area is 171 Å². The summed E-state index contributed by atoms with van der Waals surface area (Å²) in [7, 11) is 0. The third kappa shape index (κ3) is 3.56. The smallest absolute Gasteiger partial charge is 0.267 e. The van der Waals surface area contributed by atoms with Crippen LogP contribution < -0.4 is 16.4 Å². The maximum absolute atomic E-state index is 12.9. The van der Waals surface area contributed by atoms with E-state index in [-0.39, 0.29) is 11.3 Å². The number of aryl methyl sites for hydroxylation is 1. The molecule has 2 amide bonds. The van der Waals surface area contributed by atoms with E-state index in [1.165, 1.54) is 4.68 Å². The minimum absolute atomic E-state index is 0.0270. The highest BCUT2D eigenvalue weighted by Gasteiger charge is 2.18. The normalized spacial score (nSPS) is 10.6. The Kier molecular flexibility index (Phi) is 5.09. The van der Waals surface area contributed by atoms with Crippen LogP contribution in [0, 0.1) is 6.92 Å². The molecule has 7 heteroatoms. The van der Waals surface area contributed by atoms with Crippen LogP contribution in [0.25, 0.3) is 16.5 Å². The van der Waals surface area contributed by atoms with Crippen LogP contribution in [0.15, 0.2) is 83.7 Å². The van der Waals surface area contributed by atoms with Crippen molar-refractivity contribution in [3.8, 4) is 5.69 Å². The molecular weight excluding hydrogens is 380 g/mol. The van der Waals surface area contributed by atoms with Gasteiger partial charge in [-0.15, -0.1) is 0 Å². The molecule has 0 atom stereocenters. The van der Waals surface area contributed by atoms with Crippen molar-refractivity contribution in [1.29, 1.82) is 0 Å². The van der Waals surface area contributed by atoms with Gasteiger partial charge in [-0.3, -0.25) is 25.2 Å². The minimum Gasteiger partial charge on any atom is -0.267 e. The number of hydrazine groups is 1. The van der Waals surface area contributed by atoms with E-state index in [2.05, 4.69) is 16.0 Å². The number of aromatic nitrogens is 2. The molecule has 2 N–H and O–H groups in total. The van der Waals surface area contributed by atoms with Crippen molar-refractivity contribution < 1.29 is 9.59 Å². The van der Waals surface area contributed by atoms with Crippen LogP contribution in [0.5, 0.6) is 0 Å². The van der Waals surface area contributed by atoms with E-state index < -0.39 is 11.8 Å². The molecule has 1 heterocycles. The van der Waals surface area contributed by atoms with Crippen LogP contribution >= 0.6 is 0 Å². The summed E-state index contributed by atoms with van der Waals surface area (Å²) in [5.74, 6) is -1.07. The number of nitrogens with zero attached hydrogens (tertiary/aromatic N) is 2. The van der Waals surface area contributed by atoms with Crippen molar-refractivity contribution in [1.82, 2.24) is 20.6 Å². The Morgan fingerprint density at radius 2 is 1.37 bits per heavy atom. The molecule has 4 aromatic rings. The number of carbonyl (C=O) groups is 2. The highest BCUT2D eigenvalue weighted by atomic mass is 16.2. The third-order valence-corrected chi connectivity index (χ3v) is 4.70. The summed E-state index contributed by atoms with van der Waals surface area (Å²) in [6.45, 7) is 1.81. The monoisotopic (exact) mass is 398 g/mol. The molecular formula is C23H18N4O3. The Morgan fingerprint density at radius 3 is 2.10 bits per heavy atom. The molecule has 0 aliphatic carbocycles. The van der Waals surface area contributed by atoms with Gasteiger partial charge in [-0.1, -0.05) is 54.6 Å². The van der Waals surface area contributed by atoms with Gasteiger partial charge in [0.05, 0.1) is 11.1 Å². The minimum atomic E-state index is -0.627. The van der Waals surface area contributed by atoms with E-state index in [1.807, 2.05) is 25.1 Å². The quantitative estimate of drug-likeness (QED) is 0.519. The second-order valence-corrected chi connectivity index (χ2v) is 6.67. The molecule has 1 aromatic heterocycles. The molecule has 0 radical (unpaired) electrons. The molecule has 0 aliphatic rings. The molecule has 0 aliphatic heterocycles. The summed E-state index contributed by atoms with van der Waals surface area (Å²) in [6, 6.07) is 22.6. The summed E-state index contributed by atoms with van der Waals surface area (Å²) in [6.07, 6.45) is 0. The van der Waals surface area contributed by atoms with E-state index in [0.717, 1.165) is 5.56 Å². The fraction of sp³-hybridized carbons (Fsp3) is 0.0435. The molecule has 3 aromatic carbocycles. The van der Waals surface area contributed by atoms with Crippen molar-refractivity contribution in [3.63, 3.8) is 0 Å². The van der Waals surface area contributed by atoms with Crippen LogP contribution in [-0.4, -0.2) is 21.6 Å². The van der Waals surface area contributed by atoms with Crippen LogP contribution in [0.2, 0.25) is 0 Å². The SMILES string of the molecule is Cc1ccccc1C(=O)NNC(=O)c1nn(-c2ccccc2)c(=O)c2ccccc12. The van der Waals surface area contributed by atoms with Crippen LogP contribution in [0.3, 0.4) is 0 Å². The van der Waals surface area contributed by atoms with E-state index in [0.29, 0.717) is 22.0 Å². The van der Waals surface area contributed by atoms with Gasteiger partial charge in [-0.2, -0.15) is 9.78 Å². The standard InChI is InChI=1S/C23H18N4O3/c1-15-9-5-6-12-17(15)21(28)24-25-22(29)20-18-13-7-8-14-19(18)23(30)27(26-20)16-10-3-2-4-11-16/h2-14H,1H3,(H,24,28)(H,25,29). The molecule has 0 unspecified atom stereocenters. The molecule has 0 saturated carbocycles. The van der Waals surface area contributed by atoms with Gasteiger partial charge in [0.15, 0.2) is 5.69 Å². The van der Waals surface area contributed by atoms with Gasteiger partial charge in [-0.05, 0) is 36.8 Å². The molecule has 0 spiro atoms. The lowest BCUT2D eigenvalue weighted by atomic mass is 10.1. The first kappa shape index (κ1) is 19.1. The van der Waals surface area contributed by atoms with E-state index in [1.54, 1.807) is 60.7 Å². The predicted molar refractivity (Wildman–Crippen MR) is 113 cm³/mol. The number of hydrogen-bond acceptors (Lipinski definition) is 4. The van der Waals surface area contributed by atoms with E-state index in [9.17, 15) is 14.4 Å². The number of hydrogen-bond donors (Lipinski definition) is 2. The molecule has 0 bridgehead atoms. The third-order valence-electron chi connectivity index (χ3n) is 4.70. The largest absolute Gasteiger partial charge is 0.290 e. The lowest BCUT2D eigenvalue weighted by Crippen LogP contribution is -2.43. The number of nitrogens with one attached hydrogen (secondary N) is 2. The average molecular weight is 398 g/mol. The number of rotatable bonds is 3. The Morgan fingerprint density at radius 1 is 0.767 bits per heavy atom. The molecule has 148 valence electrons. The van der Waals surface area contributed by atoms with E-state index >= 15 is 0 Å². The van der Waals surface area contributed by atoms with Crippen molar-refractivity contribution in [2.75, 3.05) is 0 Å². The molecule has 30 heavy (non-hydrogen) atoms. The molecule has 7 nitrogen and oxygen atoms in total. The van der Waals surface area contributed by atoms with Gasteiger partial charge in [0, 0.05) is 10.9 Å². The van der Waals surface area contributed by atoms with Crippen molar-refractivity contribution >= 4 is 22.6 Å². The number of amides is 2. The second kappa shape index (κ2) is 8.00. The maximum atomic E-state index is 12.9. The molecule has 0 fully saturated rings. The lowest BCUT2D eigenvalue weighted by molar-refractivity contribution is 0.0843. The first-order valence-corrected chi connectivity index (χ1v) is 9.30. The Balaban J connectivity index is 1.70. The fourth-order valence-corrected chi connectivity index (χ4v) is 3.17. The average Bonchev–Trinajstić information content (AvgIpc) is 2.78. The van der Waals surface area contributed by atoms with Gasteiger partial charge < -0.3 is 0 Å². The Bertz CT molecular complexity index is 1310. The zero-order valence-corrected chi connectivity index (χ0v) is 16.1. The zero-order valence-electron chi connectivity index (χ0n) is 16.1. The van der Waals surface area contributed by atoms with Crippen LogP contribution in [0.4, 0.5) is 0 Å². The van der Waals surface area contributed by atoms with Crippen LogP contribution in [0.1, 0.15) is 26.4 Å². The van der Waals surface area contributed by atoms with Gasteiger partial charge in [0.1, 0.15) is 0 Å². The zero-order chi connectivity index (χ0) is 21.1. The number of fused-ring (bicyclic) bond motifs is 1. The summed E-state index contributed by atoms with van der Waals surface area (Å²) in [4.78, 5) is 38.2. The second-order valence-electron chi connectivity index (χ2n) is 6.67. The summed E-state index contributed by atoms with van der Waals surface area (Å²) in [5, 5.41) is 5.03. The first-order chi connectivity index (χ1) is 14.6. The topological polar surface area (TPSA) is 93.1 Å². The van der Waals surface area contributed by atoms with Gasteiger partial charge in [-0.25, -0.2) is 0 Å². The van der Waals surface area contributed by atoms with Crippen molar-refractivity contribution in [3.05, 3.63) is 106 Å². The molecule has 4 rings (SSSR count). The summed E-state index contributed by atoms with van der Waals surface area (Å²) < 4.78 is 1.18. The number of benzene rings is 3. The summed E-state index contributed by atoms with van der Waals surface area (Å²) >= 11 is 0. The van der Waals surface area contributed by atoms with Crippen LogP contribution in [-0.2, 0) is 0 Å². The fourth-order valence-electron chi connectivity index (χ4n) is 3.17. The Hall–Kier alpha value is -4.26. The highest BCUT2D eigenvalue weighted by Crippen LogP contribution is 2.15. The van der Waals surface area contributed by atoms with Gasteiger partial charge >= 0.3 is 0 Å². The highest BCUT2D eigenvalue weighted by molar-refractivity contribution is 6.06. The van der Waals surface area contributed by atoms with E-state index in [4.69, 9.17) is 0 Å². The predicted octanol–water partition coefficient (Wildman–Crippen LogP) is 2.77. The maximum Gasteiger partial charge on any atom is 0.290 e. The van der Waals surface area contributed by atoms with Gasteiger partial charge in [0.2, 0.25) is 0 Å². The van der Waals surface area contributed by atoms with Gasteiger partial charge in [0.25, 0.3) is 17.4 Å². The summed E-state index contributed by atoms with van der Waals surface area (Å²) in [5.41, 5.74) is 6.27. The molecule has 0 saturated heterocycles. The van der Waals surface area contributed by atoms with Crippen molar-refractivity contribution in [2.45, 2.75) is 6.92 Å².